The van der Waals surface area contributed by atoms with Crippen LogP contribution in [0.3, 0.4) is 0 Å². The van der Waals surface area contributed by atoms with E-state index in [4.69, 9.17) is 0 Å². The Morgan fingerprint density at radius 3 is 2.73 bits per heavy atom. The average Bonchev–Trinajstić information content (AvgIpc) is 2.17. The molecule has 1 aromatic rings. The molecule has 0 aliphatic heterocycles. The van der Waals surface area contributed by atoms with E-state index < -0.39 is 24.1 Å². The normalized spacial score (nSPS) is 11.2. The number of hydrogen-bond donors (Lipinski definition) is 0. The van der Waals surface area contributed by atoms with Gasteiger partial charge in [-0.15, -0.1) is 0 Å². The van der Waals surface area contributed by atoms with Crippen LogP contribution in [0.1, 0.15) is 11.1 Å². The summed E-state index contributed by atoms with van der Waals surface area (Å²) in [6.45, 7) is 0. The monoisotopic (exact) mass is 219 g/mol. The molecule has 0 atom stereocenters. The predicted octanol–water partition coefficient (Wildman–Crippen LogP) is 1.82. The predicted molar refractivity (Wildman–Crippen MR) is 45.0 cm³/mol. The lowest BCUT2D eigenvalue weighted by Crippen LogP contribution is -2.13. The third-order valence-electron chi connectivity index (χ3n) is 1.77. The molecular weight excluding hydrogens is 211 g/mol. The molecule has 0 radical (unpaired) electrons. The smallest absolute Gasteiger partial charge is 0.416 e. The number of ether oxygens (including phenoxy) is 1. The summed E-state index contributed by atoms with van der Waals surface area (Å²) in [6, 6.07) is 0.832. The number of carbonyl (C=O) groups excluding carboxylic acids is 1. The minimum absolute atomic E-state index is 0.183. The fourth-order valence-corrected chi connectivity index (χ4v) is 1.07. The minimum atomic E-state index is -4.48. The zero-order chi connectivity index (χ0) is 11.5. The maximum Gasteiger partial charge on any atom is 0.416 e. The molecular formula is C9H8F3NO2. The molecule has 0 saturated carbocycles. The van der Waals surface area contributed by atoms with Crippen molar-refractivity contribution in [2.45, 2.75) is 12.6 Å². The van der Waals surface area contributed by atoms with Crippen LogP contribution >= 0.6 is 0 Å². The van der Waals surface area contributed by atoms with Gasteiger partial charge in [0.05, 0.1) is 19.1 Å². The summed E-state index contributed by atoms with van der Waals surface area (Å²) in [4.78, 5) is 14.4. The molecule has 15 heavy (non-hydrogen) atoms. The molecule has 0 saturated heterocycles. The Bertz CT molecular complexity index is 363. The Labute approximate surface area is 83.9 Å². The van der Waals surface area contributed by atoms with E-state index in [1.807, 2.05) is 0 Å². The van der Waals surface area contributed by atoms with Gasteiger partial charge in [-0.2, -0.15) is 13.2 Å². The van der Waals surface area contributed by atoms with E-state index in [0.29, 0.717) is 0 Å². The summed E-state index contributed by atoms with van der Waals surface area (Å²) in [6.07, 6.45) is -2.87. The molecule has 6 heteroatoms. The molecule has 0 spiro atoms. The van der Waals surface area contributed by atoms with Gasteiger partial charge >= 0.3 is 12.1 Å². The second-order valence-corrected chi connectivity index (χ2v) is 2.78. The van der Waals surface area contributed by atoms with Crippen LogP contribution in [0.2, 0.25) is 0 Å². The highest BCUT2D eigenvalue weighted by atomic mass is 19.4. The van der Waals surface area contributed by atoms with Crippen molar-refractivity contribution < 1.29 is 22.7 Å². The van der Waals surface area contributed by atoms with E-state index >= 15 is 0 Å². The van der Waals surface area contributed by atoms with Crippen LogP contribution in [-0.2, 0) is 22.1 Å². The zero-order valence-corrected chi connectivity index (χ0v) is 7.84. The van der Waals surface area contributed by atoms with Gasteiger partial charge in [0, 0.05) is 12.4 Å². The van der Waals surface area contributed by atoms with Crippen molar-refractivity contribution in [3.05, 3.63) is 29.6 Å². The van der Waals surface area contributed by atoms with Gasteiger partial charge in [0.2, 0.25) is 0 Å². The van der Waals surface area contributed by atoms with Crippen LogP contribution in [0.15, 0.2) is 18.5 Å². The van der Waals surface area contributed by atoms with Gasteiger partial charge in [-0.05, 0) is 11.6 Å². The van der Waals surface area contributed by atoms with Crippen molar-refractivity contribution in [1.82, 2.24) is 4.98 Å². The number of aromatic nitrogens is 1. The second kappa shape index (κ2) is 4.29. The number of rotatable bonds is 2. The van der Waals surface area contributed by atoms with Crippen LogP contribution in [0, 0.1) is 0 Å². The Morgan fingerprint density at radius 1 is 1.53 bits per heavy atom. The average molecular weight is 219 g/mol. The molecule has 1 heterocycles. The molecule has 0 amide bonds. The van der Waals surface area contributed by atoms with Crippen molar-refractivity contribution in [1.29, 1.82) is 0 Å². The number of hydrogen-bond acceptors (Lipinski definition) is 3. The van der Waals surface area contributed by atoms with Gasteiger partial charge in [0.1, 0.15) is 0 Å². The van der Waals surface area contributed by atoms with E-state index in [1.165, 1.54) is 0 Å². The van der Waals surface area contributed by atoms with Gasteiger partial charge in [-0.1, -0.05) is 0 Å². The van der Waals surface area contributed by atoms with Crippen LogP contribution in [0.25, 0.3) is 0 Å². The number of pyridine rings is 1. The van der Waals surface area contributed by atoms with Gasteiger partial charge in [-0.3, -0.25) is 9.78 Å². The third kappa shape index (κ3) is 2.93. The lowest BCUT2D eigenvalue weighted by Gasteiger charge is -2.10. The number of methoxy groups -OCH3 is 1. The Balaban J connectivity index is 3.02. The fraction of sp³-hybridized carbons (Fsp3) is 0.333. The highest BCUT2D eigenvalue weighted by Crippen LogP contribution is 2.31. The first-order valence-electron chi connectivity index (χ1n) is 4.02. The van der Waals surface area contributed by atoms with Crippen LogP contribution in [0.4, 0.5) is 13.2 Å². The number of halogens is 3. The number of nitrogens with zero attached hydrogens (tertiary/aromatic N) is 1. The van der Waals surface area contributed by atoms with Gasteiger partial charge in [0.15, 0.2) is 0 Å². The molecule has 0 aromatic carbocycles. The summed E-state index contributed by atoms with van der Waals surface area (Å²) in [5, 5.41) is 0. The molecule has 0 aliphatic carbocycles. The molecule has 0 fully saturated rings. The largest absolute Gasteiger partial charge is 0.469 e. The molecule has 1 aromatic heterocycles. The molecule has 0 aliphatic rings. The molecule has 3 nitrogen and oxygen atoms in total. The first-order valence-corrected chi connectivity index (χ1v) is 4.02. The van der Waals surface area contributed by atoms with E-state index in [1.54, 1.807) is 0 Å². The van der Waals surface area contributed by atoms with Crippen LogP contribution in [-0.4, -0.2) is 18.1 Å². The summed E-state index contributed by atoms with van der Waals surface area (Å²) >= 11 is 0. The van der Waals surface area contributed by atoms with Gasteiger partial charge in [-0.25, -0.2) is 0 Å². The topological polar surface area (TPSA) is 39.2 Å². The lowest BCUT2D eigenvalue weighted by molar-refractivity contribution is -0.141. The van der Waals surface area contributed by atoms with Gasteiger partial charge < -0.3 is 4.74 Å². The summed E-state index contributed by atoms with van der Waals surface area (Å²) < 4.78 is 41.6. The molecule has 1 rings (SSSR count). The molecule has 0 bridgehead atoms. The van der Waals surface area contributed by atoms with Gasteiger partial charge in [0.25, 0.3) is 0 Å². The maximum absolute atomic E-state index is 12.4. The van der Waals surface area contributed by atoms with Crippen molar-refractivity contribution in [2.24, 2.45) is 0 Å². The number of esters is 1. The molecule has 0 unspecified atom stereocenters. The third-order valence-corrected chi connectivity index (χ3v) is 1.77. The molecule has 82 valence electrons. The zero-order valence-electron chi connectivity index (χ0n) is 7.84. The summed E-state index contributed by atoms with van der Waals surface area (Å²) in [5.41, 5.74) is -1.04. The van der Waals surface area contributed by atoms with E-state index in [2.05, 4.69) is 9.72 Å². The van der Waals surface area contributed by atoms with E-state index in [-0.39, 0.29) is 5.56 Å². The minimum Gasteiger partial charge on any atom is -0.469 e. The van der Waals surface area contributed by atoms with Crippen LogP contribution in [0.5, 0.6) is 0 Å². The van der Waals surface area contributed by atoms with E-state index in [0.717, 1.165) is 25.6 Å². The van der Waals surface area contributed by atoms with E-state index in [9.17, 15) is 18.0 Å². The fourth-order valence-electron chi connectivity index (χ4n) is 1.07. The first-order chi connectivity index (χ1) is 6.95. The van der Waals surface area contributed by atoms with Crippen molar-refractivity contribution in [3.63, 3.8) is 0 Å². The first kappa shape index (κ1) is 11.5. The maximum atomic E-state index is 12.4. The van der Waals surface area contributed by atoms with Crippen molar-refractivity contribution in [2.75, 3.05) is 7.11 Å². The summed E-state index contributed by atoms with van der Waals surface area (Å²) in [5.74, 6) is -0.728. The number of alkyl halides is 3. The summed E-state index contributed by atoms with van der Waals surface area (Å²) in [7, 11) is 1.12. The Morgan fingerprint density at radius 2 is 2.20 bits per heavy atom. The van der Waals surface area contributed by atoms with Crippen molar-refractivity contribution in [3.8, 4) is 0 Å². The SMILES string of the molecule is COC(=O)Cc1cnccc1C(F)(F)F. The number of carbonyl (C=O) groups is 1. The quantitative estimate of drug-likeness (QED) is 0.712. The van der Waals surface area contributed by atoms with Crippen molar-refractivity contribution >= 4 is 5.97 Å². The lowest BCUT2D eigenvalue weighted by atomic mass is 10.1. The van der Waals surface area contributed by atoms with Crippen LogP contribution < -0.4 is 0 Å². The standard InChI is InChI=1S/C9H8F3NO2/c1-15-8(14)4-6-5-13-3-2-7(6)9(10,11)12/h2-3,5H,4H2,1H3. The Hall–Kier alpha value is -1.59. The highest BCUT2D eigenvalue weighted by molar-refractivity contribution is 5.72. The Kier molecular flexibility index (Phi) is 3.28. The highest BCUT2D eigenvalue weighted by Gasteiger charge is 2.33. The second-order valence-electron chi connectivity index (χ2n) is 2.78. The molecule has 0 N–H and O–H groups in total.